The monoisotopic (exact) mass is 440 g/mol. The van der Waals surface area contributed by atoms with Crippen LogP contribution in [0.1, 0.15) is 24.1 Å². The zero-order valence-corrected chi connectivity index (χ0v) is 17.3. The van der Waals surface area contributed by atoms with Crippen LogP contribution in [0.25, 0.3) is 0 Å². The Morgan fingerprint density at radius 1 is 1.22 bits per heavy atom. The predicted molar refractivity (Wildman–Crippen MR) is 113 cm³/mol. The van der Waals surface area contributed by atoms with E-state index in [2.05, 4.69) is 15.6 Å². The number of hydrogen-bond donors (Lipinski definition) is 3. The van der Waals surface area contributed by atoms with Crippen LogP contribution in [0.4, 0.5) is 15.4 Å². The maximum absolute atomic E-state index is 12.9. The van der Waals surface area contributed by atoms with Crippen molar-refractivity contribution in [2.75, 3.05) is 18.5 Å². The molecule has 3 N–H and O–H groups in total. The Kier molecular flexibility index (Phi) is 6.39. The fraction of sp³-hybridized carbons (Fsp3) is 0.364. The van der Waals surface area contributed by atoms with E-state index in [1.165, 1.54) is 4.90 Å². The van der Waals surface area contributed by atoms with Gasteiger partial charge in [-0.1, -0.05) is 30.3 Å². The second kappa shape index (κ2) is 9.54. The smallest absolute Gasteiger partial charge is 0.410 e. The van der Waals surface area contributed by atoms with Crippen LogP contribution in [0, 0.1) is 5.92 Å². The molecule has 1 fully saturated rings. The molecule has 1 aliphatic heterocycles. The van der Waals surface area contributed by atoms with Gasteiger partial charge in [0.15, 0.2) is 18.2 Å². The average molecular weight is 440 g/mol. The number of aromatic nitrogens is 1. The molecule has 10 heteroatoms. The van der Waals surface area contributed by atoms with Gasteiger partial charge in [-0.3, -0.25) is 4.79 Å². The van der Waals surface area contributed by atoms with Crippen LogP contribution in [-0.2, 0) is 22.7 Å². The zero-order chi connectivity index (χ0) is 22.5. The number of nitrogens with zero attached hydrogens (tertiary/aromatic N) is 2. The standard InChI is InChI=1S/C22H24N4O6/c27-19-13-31-18-9-7-16(23-20(18)25-19)11-26(10-15-6-8-17(15)24-21(28)29)22(30)32-12-14-4-2-1-3-5-14/h1-5,7,9,15,17,24H,6,8,10-13H2,(H,28,29)(H,23,25,27)/t15-,17+/m0/s1. The van der Waals surface area contributed by atoms with Gasteiger partial charge in [0.1, 0.15) is 6.61 Å². The van der Waals surface area contributed by atoms with E-state index >= 15 is 0 Å². The number of pyridine rings is 1. The number of amides is 3. The largest absolute Gasteiger partial charge is 0.480 e. The molecule has 10 nitrogen and oxygen atoms in total. The molecule has 0 saturated heterocycles. The highest BCUT2D eigenvalue weighted by atomic mass is 16.6. The lowest BCUT2D eigenvalue weighted by Gasteiger charge is -2.39. The minimum atomic E-state index is -1.08. The van der Waals surface area contributed by atoms with Gasteiger partial charge in [0.2, 0.25) is 0 Å². The van der Waals surface area contributed by atoms with Crippen molar-refractivity contribution in [1.29, 1.82) is 0 Å². The molecule has 1 saturated carbocycles. The highest BCUT2D eigenvalue weighted by molar-refractivity contribution is 5.94. The third kappa shape index (κ3) is 5.26. The van der Waals surface area contributed by atoms with Gasteiger partial charge in [-0.2, -0.15) is 0 Å². The second-order valence-corrected chi connectivity index (χ2v) is 7.80. The van der Waals surface area contributed by atoms with E-state index in [9.17, 15) is 14.4 Å². The number of anilines is 1. The quantitative estimate of drug-likeness (QED) is 0.603. The third-order valence-electron chi connectivity index (χ3n) is 5.53. The van der Waals surface area contributed by atoms with Crippen molar-refractivity contribution in [2.24, 2.45) is 5.92 Å². The molecule has 1 aromatic carbocycles. The van der Waals surface area contributed by atoms with Gasteiger partial charge in [0, 0.05) is 12.6 Å². The Bertz CT molecular complexity index is 999. The molecule has 0 radical (unpaired) electrons. The lowest BCUT2D eigenvalue weighted by Crippen LogP contribution is -2.51. The minimum absolute atomic E-state index is 0.0176. The van der Waals surface area contributed by atoms with Crippen molar-refractivity contribution >= 4 is 23.9 Å². The van der Waals surface area contributed by atoms with Crippen LogP contribution in [0.15, 0.2) is 42.5 Å². The van der Waals surface area contributed by atoms with E-state index in [0.29, 0.717) is 23.8 Å². The van der Waals surface area contributed by atoms with Crippen molar-refractivity contribution < 1.29 is 29.0 Å². The Morgan fingerprint density at radius 2 is 2.03 bits per heavy atom. The van der Waals surface area contributed by atoms with E-state index in [1.54, 1.807) is 12.1 Å². The predicted octanol–water partition coefficient (Wildman–Crippen LogP) is 2.60. The first-order valence-electron chi connectivity index (χ1n) is 10.4. The summed E-state index contributed by atoms with van der Waals surface area (Å²) in [7, 11) is 0. The maximum Gasteiger partial charge on any atom is 0.410 e. The summed E-state index contributed by atoms with van der Waals surface area (Å²) in [6.07, 6.45) is -0.0705. The molecule has 2 atom stereocenters. The number of ether oxygens (including phenoxy) is 2. The molecular weight excluding hydrogens is 416 g/mol. The number of carbonyl (C=O) groups is 3. The topological polar surface area (TPSA) is 130 Å². The molecule has 0 spiro atoms. The molecule has 1 aromatic heterocycles. The Hall–Kier alpha value is -3.82. The molecule has 168 valence electrons. The van der Waals surface area contributed by atoms with Crippen molar-refractivity contribution in [2.45, 2.75) is 32.0 Å². The summed E-state index contributed by atoms with van der Waals surface area (Å²) < 4.78 is 10.8. The van der Waals surface area contributed by atoms with Gasteiger partial charge in [-0.15, -0.1) is 0 Å². The van der Waals surface area contributed by atoms with Crippen molar-refractivity contribution in [1.82, 2.24) is 15.2 Å². The summed E-state index contributed by atoms with van der Waals surface area (Å²) in [6.45, 7) is 0.526. The van der Waals surface area contributed by atoms with Crippen LogP contribution < -0.4 is 15.4 Å². The molecule has 0 bridgehead atoms. The summed E-state index contributed by atoms with van der Waals surface area (Å²) in [5.41, 5.74) is 1.41. The second-order valence-electron chi connectivity index (χ2n) is 7.80. The van der Waals surface area contributed by atoms with Gasteiger partial charge in [-0.05, 0) is 36.5 Å². The Labute approximate surface area is 184 Å². The van der Waals surface area contributed by atoms with Crippen LogP contribution in [0.5, 0.6) is 5.75 Å². The van der Waals surface area contributed by atoms with Gasteiger partial charge < -0.3 is 30.1 Å². The fourth-order valence-corrected chi connectivity index (χ4v) is 3.72. The number of carboxylic acid groups (broad SMARTS) is 1. The number of rotatable bonds is 7. The SMILES string of the molecule is O=C(O)N[C@@H]1CC[C@H]1CN(Cc1ccc2c(n1)NC(=O)CO2)C(=O)OCc1ccccc1. The summed E-state index contributed by atoms with van der Waals surface area (Å²) in [5, 5.41) is 14.2. The highest BCUT2D eigenvalue weighted by Crippen LogP contribution is 2.30. The normalized spacial score (nSPS) is 18.9. The van der Waals surface area contributed by atoms with Gasteiger partial charge in [0.05, 0.1) is 12.2 Å². The van der Waals surface area contributed by atoms with Crippen LogP contribution in [-0.4, -0.2) is 52.3 Å². The average Bonchev–Trinajstić information content (AvgIpc) is 2.78. The lowest BCUT2D eigenvalue weighted by molar-refractivity contribution is -0.118. The van der Waals surface area contributed by atoms with Crippen LogP contribution in [0.2, 0.25) is 0 Å². The van der Waals surface area contributed by atoms with Gasteiger partial charge in [-0.25, -0.2) is 14.6 Å². The van der Waals surface area contributed by atoms with Gasteiger partial charge >= 0.3 is 12.2 Å². The van der Waals surface area contributed by atoms with Crippen LogP contribution >= 0.6 is 0 Å². The number of fused-ring (bicyclic) bond motifs is 1. The van der Waals surface area contributed by atoms with E-state index < -0.39 is 12.2 Å². The first-order chi connectivity index (χ1) is 15.5. The Balaban J connectivity index is 1.46. The summed E-state index contributed by atoms with van der Waals surface area (Å²) >= 11 is 0. The summed E-state index contributed by atoms with van der Waals surface area (Å²) in [6, 6.07) is 12.6. The zero-order valence-electron chi connectivity index (χ0n) is 17.3. The third-order valence-corrected chi connectivity index (χ3v) is 5.53. The number of nitrogens with one attached hydrogen (secondary N) is 2. The lowest BCUT2D eigenvalue weighted by atomic mass is 9.79. The fourth-order valence-electron chi connectivity index (χ4n) is 3.72. The molecule has 4 rings (SSSR count). The molecule has 0 unspecified atom stereocenters. The van der Waals surface area contributed by atoms with E-state index in [4.69, 9.17) is 14.6 Å². The first-order valence-corrected chi connectivity index (χ1v) is 10.4. The maximum atomic E-state index is 12.9. The molecule has 3 amide bonds. The summed E-state index contributed by atoms with van der Waals surface area (Å²) in [5.74, 6) is 0.469. The van der Waals surface area contributed by atoms with Gasteiger partial charge in [0.25, 0.3) is 5.91 Å². The van der Waals surface area contributed by atoms with E-state index in [0.717, 1.165) is 18.4 Å². The number of benzene rings is 1. The highest BCUT2D eigenvalue weighted by Gasteiger charge is 2.35. The van der Waals surface area contributed by atoms with E-state index in [-0.39, 0.29) is 37.6 Å². The molecule has 1 aliphatic carbocycles. The number of carbonyl (C=O) groups excluding carboxylic acids is 2. The summed E-state index contributed by atoms with van der Waals surface area (Å²) in [4.78, 5) is 41.4. The van der Waals surface area contributed by atoms with Crippen molar-refractivity contribution in [3.8, 4) is 5.75 Å². The molecule has 2 heterocycles. The molecule has 2 aliphatic rings. The number of hydrogen-bond acceptors (Lipinski definition) is 6. The minimum Gasteiger partial charge on any atom is -0.480 e. The van der Waals surface area contributed by atoms with E-state index in [1.807, 2.05) is 30.3 Å². The van der Waals surface area contributed by atoms with Crippen LogP contribution in [0.3, 0.4) is 0 Å². The molecule has 32 heavy (non-hydrogen) atoms. The molecular formula is C22H24N4O6. The van der Waals surface area contributed by atoms with Crippen molar-refractivity contribution in [3.63, 3.8) is 0 Å². The first kappa shape index (κ1) is 21.4. The Morgan fingerprint density at radius 3 is 2.75 bits per heavy atom. The van der Waals surface area contributed by atoms with Crippen molar-refractivity contribution in [3.05, 3.63) is 53.7 Å². The molecule has 2 aromatic rings.